The first-order valence-corrected chi connectivity index (χ1v) is 8.26. The van der Waals surface area contributed by atoms with Gasteiger partial charge in [0.15, 0.2) is 0 Å². The summed E-state index contributed by atoms with van der Waals surface area (Å²) in [6, 6.07) is 0. The minimum atomic E-state index is -0.478. The Balaban J connectivity index is 0. The van der Waals surface area contributed by atoms with Crippen molar-refractivity contribution in [2.45, 2.75) is 86.7 Å². The van der Waals surface area contributed by atoms with Crippen LogP contribution in [0, 0.1) is 5.41 Å². The van der Waals surface area contributed by atoms with Crippen molar-refractivity contribution in [3.05, 3.63) is 0 Å². The second-order valence-electron chi connectivity index (χ2n) is 6.91. The van der Waals surface area contributed by atoms with Gasteiger partial charge in [0.05, 0.1) is 12.0 Å². The summed E-state index contributed by atoms with van der Waals surface area (Å²) in [5.41, 5.74) is -0.815. The van der Waals surface area contributed by atoms with Crippen molar-refractivity contribution < 1.29 is 23.8 Å². The van der Waals surface area contributed by atoms with Crippen LogP contribution < -0.4 is 0 Å². The maximum Gasteiger partial charge on any atom is 0.332 e. The molecule has 1 rings (SSSR count). The molecule has 0 atom stereocenters. The summed E-state index contributed by atoms with van der Waals surface area (Å²) in [7, 11) is 0. The van der Waals surface area contributed by atoms with Crippen LogP contribution in [-0.2, 0) is 23.8 Å². The highest BCUT2D eigenvalue weighted by Crippen LogP contribution is 2.31. The van der Waals surface area contributed by atoms with Crippen molar-refractivity contribution in [1.82, 2.24) is 0 Å². The molecule has 1 aliphatic carbocycles. The van der Waals surface area contributed by atoms with Crippen molar-refractivity contribution in [1.29, 1.82) is 0 Å². The van der Waals surface area contributed by atoms with Crippen LogP contribution in [0.1, 0.15) is 81.1 Å². The van der Waals surface area contributed by atoms with Crippen molar-refractivity contribution in [3.63, 3.8) is 0 Å². The predicted octanol–water partition coefficient (Wildman–Crippen LogP) is 4.52. The van der Waals surface area contributed by atoms with Crippen molar-refractivity contribution in [2.24, 2.45) is 5.41 Å². The summed E-state index contributed by atoms with van der Waals surface area (Å²) in [6.07, 6.45) is 5.98. The van der Waals surface area contributed by atoms with Gasteiger partial charge in [-0.15, -0.1) is 0 Å². The first kappa shape index (κ1) is 25.1. The minimum Gasteiger partial charge on any atom is -0.463 e. The highest BCUT2D eigenvalue weighted by molar-refractivity contribution is 5.75. The van der Waals surface area contributed by atoms with E-state index >= 15 is 0 Å². The van der Waals surface area contributed by atoms with E-state index in [9.17, 15) is 9.59 Å². The summed E-state index contributed by atoms with van der Waals surface area (Å²) in [5, 5.41) is 0. The second-order valence-corrected chi connectivity index (χ2v) is 6.91. The molecule has 5 nitrogen and oxygen atoms in total. The van der Waals surface area contributed by atoms with Crippen LogP contribution in [0.4, 0.5) is 0 Å². The molecule has 5 heteroatoms. The van der Waals surface area contributed by atoms with Gasteiger partial charge in [0.2, 0.25) is 0 Å². The molecule has 1 fully saturated rings. The van der Waals surface area contributed by atoms with Crippen LogP contribution >= 0.6 is 0 Å². The average Bonchev–Trinajstić information content (AvgIpc) is 2.46. The summed E-state index contributed by atoms with van der Waals surface area (Å²) >= 11 is 0. The lowest BCUT2D eigenvalue weighted by Gasteiger charge is -2.33. The van der Waals surface area contributed by atoms with Gasteiger partial charge in [0.25, 0.3) is 0 Å². The van der Waals surface area contributed by atoms with Crippen molar-refractivity contribution in [3.8, 4) is 0 Å². The summed E-state index contributed by atoms with van der Waals surface area (Å²) < 4.78 is 15.9. The number of ether oxygens (including phenoxy) is 3. The molecule has 0 spiro atoms. The van der Waals surface area contributed by atoms with Gasteiger partial charge in [0, 0.05) is 0 Å². The van der Waals surface area contributed by atoms with Gasteiger partial charge in [-0.1, -0.05) is 28.2 Å². The summed E-state index contributed by atoms with van der Waals surface area (Å²) in [5.74, 6) is -0.583. The monoisotopic (exact) mass is 346 g/mol. The van der Waals surface area contributed by atoms with Crippen LogP contribution in [0.2, 0.25) is 0 Å². The molecule has 0 saturated heterocycles. The average molecular weight is 347 g/mol. The number of rotatable bonds is 8. The van der Waals surface area contributed by atoms with E-state index in [1.165, 1.54) is 6.42 Å². The lowest BCUT2D eigenvalue weighted by Crippen LogP contribution is -2.35. The van der Waals surface area contributed by atoms with Gasteiger partial charge in [-0.25, -0.2) is 4.79 Å². The third-order valence-electron chi connectivity index (χ3n) is 4.39. The van der Waals surface area contributed by atoms with E-state index < -0.39 is 5.41 Å². The number of hydrogen-bond donors (Lipinski definition) is 0. The van der Waals surface area contributed by atoms with E-state index in [0.29, 0.717) is 0 Å². The van der Waals surface area contributed by atoms with E-state index in [1.54, 1.807) is 0 Å². The van der Waals surface area contributed by atoms with E-state index in [-0.39, 0.29) is 52.2 Å². The largest absolute Gasteiger partial charge is 0.463 e. The highest BCUT2D eigenvalue weighted by Gasteiger charge is 2.30. The molecule has 144 valence electrons. The topological polar surface area (TPSA) is 61.8 Å². The number of esters is 2. The zero-order valence-corrected chi connectivity index (χ0v) is 14.4. The molecule has 1 aliphatic rings. The Kier molecular flexibility index (Phi) is 12.0. The number of carbonyl (C=O) groups is 2. The molecule has 0 aliphatic heterocycles. The molecule has 1 saturated carbocycles. The van der Waals surface area contributed by atoms with Crippen LogP contribution in [0.5, 0.6) is 0 Å². The SMILES string of the molecule is C.C.CCC(C)(C)C(=O)OCCOCC(=O)OC1(C)CCCCC1. The lowest BCUT2D eigenvalue weighted by atomic mass is 9.86. The Hall–Kier alpha value is -1.10. The maximum absolute atomic E-state index is 11.8. The van der Waals surface area contributed by atoms with E-state index in [0.717, 1.165) is 32.1 Å². The van der Waals surface area contributed by atoms with E-state index in [2.05, 4.69) is 0 Å². The van der Waals surface area contributed by atoms with Gasteiger partial charge >= 0.3 is 11.9 Å². The standard InChI is InChI=1S/C17H30O5.2CH4/c1-5-16(2,3)15(19)21-12-11-20-13-14(18)22-17(4)9-7-6-8-10-17;;/h5-13H2,1-4H3;2*1H4. The maximum atomic E-state index is 11.8. The molecular weight excluding hydrogens is 308 g/mol. The molecule has 24 heavy (non-hydrogen) atoms. The third kappa shape index (κ3) is 8.67. The van der Waals surface area contributed by atoms with Gasteiger partial charge in [-0.05, 0) is 52.9 Å². The van der Waals surface area contributed by atoms with E-state index in [4.69, 9.17) is 14.2 Å². The molecule has 0 bridgehead atoms. The zero-order chi connectivity index (χ0) is 16.6. The number of carbonyl (C=O) groups excluding carboxylic acids is 2. The molecule has 0 amide bonds. The van der Waals surface area contributed by atoms with Crippen LogP contribution in [0.15, 0.2) is 0 Å². The molecule has 0 N–H and O–H groups in total. The minimum absolute atomic E-state index is 0. The Labute approximate surface area is 148 Å². The smallest absolute Gasteiger partial charge is 0.332 e. The fraction of sp³-hybridized carbons (Fsp3) is 0.895. The summed E-state index contributed by atoms with van der Waals surface area (Å²) in [4.78, 5) is 23.5. The van der Waals surface area contributed by atoms with Gasteiger partial charge in [0.1, 0.15) is 18.8 Å². The molecule has 0 radical (unpaired) electrons. The van der Waals surface area contributed by atoms with Crippen molar-refractivity contribution in [2.75, 3.05) is 19.8 Å². The second kappa shape index (κ2) is 11.5. The van der Waals surface area contributed by atoms with Gasteiger partial charge in [-0.3, -0.25) is 4.79 Å². The lowest BCUT2D eigenvalue weighted by molar-refractivity contribution is -0.167. The van der Waals surface area contributed by atoms with Crippen LogP contribution in [0.25, 0.3) is 0 Å². The number of hydrogen-bond acceptors (Lipinski definition) is 5. The predicted molar refractivity (Wildman–Crippen MR) is 96.9 cm³/mol. The van der Waals surface area contributed by atoms with Gasteiger partial charge in [-0.2, -0.15) is 0 Å². The zero-order valence-electron chi connectivity index (χ0n) is 14.4. The van der Waals surface area contributed by atoms with Crippen LogP contribution in [0.3, 0.4) is 0 Å². The molecule has 0 heterocycles. The Morgan fingerprint density at radius 2 is 1.62 bits per heavy atom. The Bertz CT molecular complexity index is 370. The third-order valence-corrected chi connectivity index (χ3v) is 4.39. The van der Waals surface area contributed by atoms with Crippen molar-refractivity contribution >= 4 is 11.9 Å². The Morgan fingerprint density at radius 1 is 1.04 bits per heavy atom. The first-order valence-electron chi connectivity index (χ1n) is 8.26. The summed E-state index contributed by atoms with van der Waals surface area (Å²) in [6.45, 7) is 7.89. The fourth-order valence-electron chi connectivity index (χ4n) is 2.39. The molecular formula is C19H38O5. The quantitative estimate of drug-likeness (QED) is 0.477. The Morgan fingerprint density at radius 3 is 2.17 bits per heavy atom. The molecule has 0 aromatic heterocycles. The molecule has 0 unspecified atom stereocenters. The fourth-order valence-corrected chi connectivity index (χ4v) is 2.39. The normalized spacial score (nSPS) is 16.3. The van der Waals surface area contributed by atoms with Crippen LogP contribution in [-0.4, -0.2) is 37.4 Å². The van der Waals surface area contributed by atoms with E-state index in [1.807, 2.05) is 27.7 Å². The molecule has 0 aromatic rings. The highest BCUT2D eigenvalue weighted by atomic mass is 16.6. The first-order chi connectivity index (χ1) is 10.3. The van der Waals surface area contributed by atoms with Gasteiger partial charge < -0.3 is 14.2 Å². The molecule has 0 aromatic carbocycles.